The van der Waals surface area contributed by atoms with Crippen molar-refractivity contribution in [3.8, 4) is 5.75 Å². The molecule has 0 aromatic heterocycles. The minimum absolute atomic E-state index is 0.0245. The number of aliphatic hydroxyl groups is 4. The summed E-state index contributed by atoms with van der Waals surface area (Å²) in [5.74, 6) is -8.87. The SMILES string of the molecule is CI.C[C@H]1c2cccc(O)c2C(O)=C2C(=O)[C@]3(O)C(O)=C(C(N)=O)C(=O)[C@@H](N(C)C)[C@H]3[C@@H](O)[C@@H]21. The minimum Gasteiger partial charge on any atom is -0.508 e. The number of phenols is 1. The molecule has 0 radical (unpaired) electrons. The monoisotopic (exact) mass is 586 g/mol. The molecule has 1 amide bonds. The van der Waals surface area contributed by atoms with Crippen LogP contribution in [0.25, 0.3) is 5.76 Å². The summed E-state index contributed by atoms with van der Waals surface area (Å²) in [6.07, 6.45) is -1.59. The van der Waals surface area contributed by atoms with Crippen molar-refractivity contribution in [3.63, 3.8) is 0 Å². The number of rotatable bonds is 2. The number of nitrogens with zero attached hydrogens (tertiary/aromatic N) is 1. The van der Waals surface area contributed by atoms with E-state index in [0.29, 0.717) is 5.56 Å². The number of aliphatic hydroxyl groups excluding tert-OH is 3. The molecule has 0 aliphatic heterocycles. The average Bonchev–Trinajstić information content (AvgIpc) is 2.77. The Morgan fingerprint density at radius 3 is 2.26 bits per heavy atom. The maximum atomic E-state index is 13.7. The minimum atomic E-state index is -2.89. The van der Waals surface area contributed by atoms with E-state index in [2.05, 4.69) is 22.6 Å². The first-order chi connectivity index (χ1) is 15.9. The van der Waals surface area contributed by atoms with Crippen LogP contribution in [0.15, 0.2) is 35.1 Å². The zero-order valence-electron chi connectivity index (χ0n) is 19.0. The van der Waals surface area contributed by atoms with Gasteiger partial charge in [0.25, 0.3) is 5.91 Å². The number of primary amides is 1. The number of alkyl halides is 1. The van der Waals surface area contributed by atoms with Gasteiger partial charge in [0.2, 0.25) is 5.78 Å². The third-order valence-corrected chi connectivity index (χ3v) is 6.99. The number of ketones is 2. The second kappa shape index (κ2) is 8.95. The quantitative estimate of drug-likeness (QED) is 0.164. The molecule has 0 bridgehead atoms. The van der Waals surface area contributed by atoms with Crippen LogP contribution in [-0.2, 0) is 14.4 Å². The summed E-state index contributed by atoms with van der Waals surface area (Å²) >= 11 is 2.15. The molecule has 1 aromatic carbocycles. The van der Waals surface area contributed by atoms with Crippen molar-refractivity contribution < 1.29 is 39.9 Å². The molecule has 0 heterocycles. The number of carbonyl (C=O) groups is 3. The fraction of sp³-hybridized carbons (Fsp3) is 0.435. The van der Waals surface area contributed by atoms with Gasteiger partial charge in [0.15, 0.2) is 11.4 Å². The summed E-state index contributed by atoms with van der Waals surface area (Å²) in [7, 11) is 2.92. The van der Waals surface area contributed by atoms with E-state index in [0.717, 1.165) is 0 Å². The normalized spacial score (nSPS) is 32.5. The van der Waals surface area contributed by atoms with Gasteiger partial charge in [-0.3, -0.25) is 19.3 Å². The fourth-order valence-corrected chi connectivity index (χ4v) is 5.58. The number of aromatic hydroxyl groups is 1. The first-order valence-electron chi connectivity index (χ1n) is 10.4. The largest absolute Gasteiger partial charge is 0.508 e. The molecule has 10 nitrogen and oxygen atoms in total. The molecule has 184 valence electrons. The molecule has 0 spiro atoms. The van der Waals surface area contributed by atoms with Crippen molar-refractivity contribution in [3.05, 3.63) is 46.2 Å². The van der Waals surface area contributed by atoms with E-state index >= 15 is 0 Å². The molecule has 7 N–H and O–H groups in total. The first-order valence-corrected chi connectivity index (χ1v) is 12.6. The molecule has 6 atom stereocenters. The molecule has 11 heteroatoms. The predicted molar refractivity (Wildman–Crippen MR) is 130 cm³/mol. The highest BCUT2D eigenvalue weighted by molar-refractivity contribution is 14.1. The van der Waals surface area contributed by atoms with Crippen LogP contribution in [0.1, 0.15) is 24.0 Å². The summed E-state index contributed by atoms with van der Waals surface area (Å²) in [4.78, 5) is 41.9. The second-order valence-corrected chi connectivity index (χ2v) is 8.79. The predicted octanol–water partition coefficient (Wildman–Crippen LogP) is 0.547. The zero-order valence-corrected chi connectivity index (χ0v) is 21.1. The van der Waals surface area contributed by atoms with Crippen LogP contribution in [-0.4, -0.2) is 84.7 Å². The first kappa shape index (κ1) is 26.1. The molecule has 1 aromatic rings. The third kappa shape index (κ3) is 3.28. The molecule has 1 fully saturated rings. The Morgan fingerprint density at radius 1 is 1.15 bits per heavy atom. The highest BCUT2D eigenvalue weighted by atomic mass is 127. The van der Waals surface area contributed by atoms with E-state index in [1.54, 1.807) is 19.1 Å². The molecule has 0 unspecified atom stereocenters. The summed E-state index contributed by atoms with van der Waals surface area (Å²) in [6, 6.07) is 3.13. The van der Waals surface area contributed by atoms with Crippen molar-refractivity contribution in [2.75, 3.05) is 19.0 Å². The molecular weight excluding hydrogens is 559 g/mol. The number of likely N-dealkylation sites (N-methyl/N-ethyl adjacent to an activating group) is 1. The number of phenolic OH excluding ortho intramolecular Hbond substituents is 1. The van der Waals surface area contributed by atoms with Gasteiger partial charge in [-0.1, -0.05) is 41.6 Å². The summed E-state index contributed by atoms with van der Waals surface area (Å²) in [5, 5.41) is 54.9. The standard InChI is InChI=1S/C22H24N2O8.CH3I/c1-7-8-5-4-6-9(25)11(8)16(26)12-10(7)17(27)14-15(24(2)3)18(28)13(21(23)31)20(30)22(14,32)19(12)29;1-2/h4-7,10,14-15,17,25-27,30,32H,1-3H3,(H2,23,31);1H3/t7-,10+,14-,15-,17-,22-;/m0./s1. The number of fused-ring (bicyclic) bond motifs is 3. The maximum Gasteiger partial charge on any atom is 0.255 e. The smallest absolute Gasteiger partial charge is 0.255 e. The van der Waals surface area contributed by atoms with Gasteiger partial charge < -0.3 is 31.3 Å². The lowest BCUT2D eigenvalue weighted by molar-refractivity contribution is -0.169. The van der Waals surface area contributed by atoms with Crippen LogP contribution in [0, 0.1) is 11.8 Å². The lowest BCUT2D eigenvalue weighted by Gasteiger charge is -2.53. The van der Waals surface area contributed by atoms with Gasteiger partial charge in [-0.15, -0.1) is 0 Å². The van der Waals surface area contributed by atoms with Crippen molar-refractivity contribution in [1.82, 2.24) is 4.90 Å². The number of hydrogen-bond acceptors (Lipinski definition) is 9. The van der Waals surface area contributed by atoms with Crippen LogP contribution in [0.4, 0.5) is 0 Å². The van der Waals surface area contributed by atoms with Crippen LogP contribution >= 0.6 is 22.6 Å². The fourth-order valence-electron chi connectivity index (χ4n) is 5.58. The molecular formula is C23H27IN2O8. The van der Waals surface area contributed by atoms with Crippen molar-refractivity contribution in [2.45, 2.75) is 30.6 Å². The van der Waals surface area contributed by atoms with Gasteiger partial charge in [0, 0.05) is 11.5 Å². The number of hydrogen-bond donors (Lipinski definition) is 6. The number of amides is 1. The van der Waals surface area contributed by atoms with E-state index in [1.807, 2.05) is 4.93 Å². The topological polar surface area (TPSA) is 182 Å². The van der Waals surface area contributed by atoms with Gasteiger partial charge in [-0.05, 0) is 36.6 Å². The molecule has 0 saturated heterocycles. The Labute approximate surface area is 209 Å². The zero-order chi connectivity index (χ0) is 25.9. The van der Waals surface area contributed by atoms with Crippen molar-refractivity contribution in [2.24, 2.45) is 17.6 Å². The second-order valence-electron chi connectivity index (χ2n) is 8.79. The lowest BCUT2D eigenvalue weighted by atomic mass is 9.54. The summed E-state index contributed by atoms with van der Waals surface area (Å²) in [6.45, 7) is 1.68. The summed E-state index contributed by atoms with van der Waals surface area (Å²) in [5.41, 5.74) is 1.47. The van der Waals surface area contributed by atoms with E-state index in [4.69, 9.17) is 5.73 Å². The van der Waals surface area contributed by atoms with Gasteiger partial charge in [0.05, 0.1) is 23.6 Å². The number of benzene rings is 1. The lowest BCUT2D eigenvalue weighted by Crippen LogP contribution is -2.70. The van der Waals surface area contributed by atoms with Gasteiger partial charge in [0.1, 0.15) is 22.8 Å². The maximum absolute atomic E-state index is 13.7. The molecule has 1 saturated carbocycles. The Morgan fingerprint density at radius 2 is 1.74 bits per heavy atom. The Hall–Kier alpha value is -2.48. The average molecular weight is 586 g/mol. The van der Waals surface area contributed by atoms with Crippen LogP contribution in [0.2, 0.25) is 0 Å². The van der Waals surface area contributed by atoms with Gasteiger partial charge in [-0.2, -0.15) is 0 Å². The highest BCUT2D eigenvalue weighted by Crippen LogP contribution is 2.55. The Bertz CT molecular complexity index is 1140. The molecule has 34 heavy (non-hydrogen) atoms. The number of halogens is 1. The Kier molecular flexibility index (Phi) is 6.88. The molecule has 3 aliphatic rings. The van der Waals surface area contributed by atoms with Crippen LogP contribution < -0.4 is 5.73 Å². The number of Topliss-reactive ketones (excluding diaryl/α,β-unsaturated/α-hetero) is 2. The Balaban J connectivity index is 0.00000158. The van der Waals surface area contributed by atoms with Crippen LogP contribution in [0.3, 0.4) is 0 Å². The van der Waals surface area contributed by atoms with Crippen molar-refractivity contribution in [1.29, 1.82) is 0 Å². The van der Waals surface area contributed by atoms with Crippen LogP contribution in [0.5, 0.6) is 5.75 Å². The van der Waals surface area contributed by atoms with E-state index in [-0.39, 0.29) is 11.3 Å². The van der Waals surface area contributed by atoms with E-state index in [9.17, 15) is 39.9 Å². The number of nitrogens with two attached hydrogens (primary N) is 1. The van der Waals surface area contributed by atoms with E-state index in [1.165, 1.54) is 25.1 Å². The highest BCUT2D eigenvalue weighted by Gasteiger charge is 2.68. The summed E-state index contributed by atoms with van der Waals surface area (Å²) < 4.78 is 0. The van der Waals surface area contributed by atoms with Crippen molar-refractivity contribution >= 4 is 45.8 Å². The third-order valence-electron chi connectivity index (χ3n) is 6.99. The number of carbonyl (C=O) groups excluding carboxylic acids is 3. The van der Waals surface area contributed by atoms with Gasteiger partial charge in [-0.25, -0.2) is 0 Å². The van der Waals surface area contributed by atoms with E-state index < -0.39 is 75.6 Å². The molecule has 3 aliphatic carbocycles. The van der Waals surface area contributed by atoms with Gasteiger partial charge >= 0.3 is 0 Å². The molecule has 4 rings (SSSR count).